The number of carbonyl (C=O) groups excluding carboxylic acids is 2. The first-order chi connectivity index (χ1) is 19.8. The number of thiophene rings is 2. The number of likely N-dealkylation sites (N-methyl/N-ethyl adjacent to an activating group) is 1. The predicted octanol–water partition coefficient (Wildman–Crippen LogP) is 7.16. The van der Waals surface area contributed by atoms with Crippen LogP contribution in [0.5, 0.6) is 0 Å². The lowest BCUT2D eigenvalue weighted by Gasteiger charge is -2.27. The maximum absolute atomic E-state index is 13.5. The van der Waals surface area contributed by atoms with E-state index < -0.39 is 17.7 Å². The third-order valence-corrected chi connectivity index (χ3v) is 8.12. The minimum atomic E-state index is -1.88. The number of amides is 1. The van der Waals surface area contributed by atoms with Crippen molar-refractivity contribution in [1.82, 2.24) is 4.90 Å². The van der Waals surface area contributed by atoms with Gasteiger partial charge >= 0.3 is 5.97 Å². The number of anilines is 1. The minimum absolute atomic E-state index is 0.0770. The van der Waals surface area contributed by atoms with Crippen molar-refractivity contribution in [1.29, 1.82) is 0 Å². The smallest absolute Gasteiger partial charge is 0.350 e. The van der Waals surface area contributed by atoms with Gasteiger partial charge in [-0.25, -0.2) is 4.79 Å². The number of rotatable bonds is 15. The van der Waals surface area contributed by atoms with Gasteiger partial charge in [-0.1, -0.05) is 70.0 Å². The number of ether oxygens (including phenoxy) is 1. The predicted molar refractivity (Wildman–Crippen MR) is 168 cm³/mol. The number of nitrogens with one attached hydrogen (secondary N) is 1. The fourth-order valence-electron chi connectivity index (χ4n) is 4.18. The van der Waals surface area contributed by atoms with Gasteiger partial charge in [-0.05, 0) is 65.2 Å². The van der Waals surface area contributed by atoms with E-state index in [2.05, 4.69) is 24.3 Å². The van der Waals surface area contributed by atoms with Crippen LogP contribution in [0.1, 0.15) is 62.3 Å². The summed E-state index contributed by atoms with van der Waals surface area (Å²) in [6.07, 6.45) is 5.47. The van der Waals surface area contributed by atoms with Crippen LogP contribution in [0.15, 0.2) is 76.7 Å². The van der Waals surface area contributed by atoms with E-state index in [1.165, 1.54) is 22.7 Å². The first-order valence-electron chi connectivity index (χ1n) is 13.8. The van der Waals surface area contributed by atoms with E-state index in [0.717, 1.165) is 18.4 Å². The Morgan fingerprint density at radius 3 is 2.22 bits per heavy atom. The van der Waals surface area contributed by atoms with Crippen molar-refractivity contribution >= 4 is 40.2 Å². The molecule has 0 saturated heterocycles. The van der Waals surface area contributed by atoms with E-state index in [0.29, 0.717) is 27.8 Å². The Balaban J connectivity index is 0.00000287. The van der Waals surface area contributed by atoms with Crippen molar-refractivity contribution in [3.63, 3.8) is 0 Å². The summed E-state index contributed by atoms with van der Waals surface area (Å²) in [6, 6.07) is 14.0. The molecule has 2 atom stereocenters. The fourth-order valence-corrected chi connectivity index (χ4v) is 5.89. The molecule has 2 N–H and O–H groups in total. The van der Waals surface area contributed by atoms with E-state index in [9.17, 15) is 19.6 Å². The first-order valence-corrected chi connectivity index (χ1v) is 15.6. The van der Waals surface area contributed by atoms with Crippen LogP contribution in [0.2, 0.25) is 0 Å². The second-order valence-corrected chi connectivity index (χ2v) is 11.4. The van der Waals surface area contributed by atoms with Crippen LogP contribution in [0, 0.1) is 10.8 Å². The summed E-state index contributed by atoms with van der Waals surface area (Å²) >= 11 is 2.60. The molecule has 2 aromatic heterocycles. The van der Waals surface area contributed by atoms with Crippen LogP contribution in [-0.2, 0) is 26.5 Å². The average Bonchev–Trinajstić information content (AvgIpc) is 3.69. The van der Waals surface area contributed by atoms with Gasteiger partial charge in [0.05, 0.1) is 16.3 Å². The zero-order valence-electron chi connectivity index (χ0n) is 24.4. The summed E-state index contributed by atoms with van der Waals surface area (Å²) in [7, 11) is 1.76. The van der Waals surface area contributed by atoms with Crippen LogP contribution < -0.4 is 5.32 Å². The number of esters is 1. The molecule has 222 valence electrons. The number of nitroso groups, excluding NO2 is 1. The van der Waals surface area contributed by atoms with Gasteiger partial charge in [0.25, 0.3) is 0 Å². The standard InChI is InChI=1S/C29H35N3O5S2.C2H6/c1-4-7-21(2)18-24(37-28(34)29(35,25-8-5-16-38-25)26-9-6-17-39-26)14-15-32(3)20-27(33)31-23-12-10-22(11-13-23)19-30-36;1-2/h5-6,8-17,21,24,35H,4,7,18-20H2,1-3H3,(H,31,33);1-2H3/b15-14+;. The van der Waals surface area contributed by atoms with Gasteiger partial charge in [0.15, 0.2) is 0 Å². The van der Waals surface area contributed by atoms with Gasteiger partial charge in [-0.2, -0.15) is 4.91 Å². The second-order valence-electron chi connectivity index (χ2n) is 9.53. The van der Waals surface area contributed by atoms with Crippen LogP contribution in [-0.4, -0.2) is 41.6 Å². The lowest BCUT2D eigenvalue weighted by atomic mass is 9.97. The highest BCUT2D eigenvalue weighted by Crippen LogP contribution is 2.37. The molecule has 0 spiro atoms. The van der Waals surface area contributed by atoms with E-state index in [4.69, 9.17) is 4.74 Å². The topological polar surface area (TPSA) is 108 Å². The summed E-state index contributed by atoms with van der Waals surface area (Å²) in [5.41, 5.74) is -0.495. The van der Waals surface area contributed by atoms with E-state index in [1.807, 2.05) is 24.6 Å². The maximum Gasteiger partial charge on any atom is 0.350 e. The number of carbonyl (C=O) groups is 2. The molecular weight excluding hydrogens is 558 g/mol. The Labute approximate surface area is 251 Å². The number of nitrogens with zero attached hydrogens (tertiary/aromatic N) is 2. The van der Waals surface area contributed by atoms with E-state index in [1.54, 1.807) is 72.8 Å². The summed E-state index contributed by atoms with van der Waals surface area (Å²) < 4.78 is 5.94. The minimum Gasteiger partial charge on any atom is -0.455 e. The molecule has 0 saturated carbocycles. The molecule has 0 aliphatic rings. The van der Waals surface area contributed by atoms with Crippen molar-refractivity contribution in [3.05, 3.63) is 91.8 Å². The summed E-state index contributed by atoms with van der Waals surface area (Å²) in [6.45, 7) is 8.38. The number of benzene rings is 1. The highest BCUT2D eigenvalue weighted by Gasteiger charge is 2.44. The third kappa shape index (κ3) is 10.2. The summed E-state index contributed by atoms with van der Waals surface area (Å²) in [5.74, 6) is -0.652. The molecule has 2 unspecified atom stereocenters. The van der Waals surface area contributed by atoms with Gasteiger partial charge in [0.1, 0.15) is 12.6 Å². The molecule has 10 heteroatoms. The Morgan fingerprint density at radius 1 is 1.10 bits per heavy atom. The third-order valence-electron chi connectivity index (χ3n) is 6.16. The Morgan fingerprint density at radius 2 is 1.71 bits per heavy atom. The molecular formula is C31H41N3O5S2. The number of hydrogen-bond acceptors (Lipinski definition) is 9. The molecule has 3 aromatic rings. The summed E-state index contributed by atoms with van der Waals surface area (Å²) in [4.78, 5) is 39.2. The van der Waals surface area contributed by atoms with Crippen molar-refractivity contribution in [2.24, 2.45) is 11.1 Å². The molecule has 0 bridgehead atoms. The van der Waals surface area contributed by atoms with Crippen LogP contribution in [0.25, 0.3) is 0 Å². The first kappa shape index (κ1) is 33.9. The van der Waals surface area contributed by atoms with Crippen molar-refractivity contribution in [3.8, 4) is 0 Å². The van der Waals surface area contributed by atoms with E-state index in [-0.39, 0.29) is 19.0 Å². The molecule has 0 aliphatic carbocycles. The fraction of sp³-hybridized carbons (Fsp3) is 0.419. The lowest BCUT2D eigenvalue weighted by molar-refractivity contribution is -0.165. The molecule has 1 aromatic carbocycles. The summed E-state index contributed by atoms with van der Waals surface area (Å²) in [5, 5.41) is 20.9. The number of hydrogen-bond donors (Lipinski definition) is 2. The normalized spacial score (nSPS) is 12.6. The SMILES string of the molecule is CC.CCCC(C)CC(/C=C/N(C)CC(=O)Nc1ccc(CN=O)cc1)OC(=O)C(O)(c1cccs1)c1cccs1. The maximum atomic E-state index is 13.5. The van der Waals surface area contributed by atoms with E-state index >= 15 is 0 Å². The molecule has 2 heterocycles. The van der Waals surface area contributed by atoms with Gasteiger partial charge in [0, 0.05) is 12.7 Å². The average molecular weight is 600 g/mol. The van der Waals surface area contributed by atoms with Crippen molar-refractivity contribution < 1.29 is 19.4 Å². The Kier molecular flexibility index (Phi) is 14.4. The van der Waals surface area contributed by atoms with Crippen molar-refractivity contribution in [2.75, 3.05) is 18.9 Å². The van der Waals surface area contributed by atoms with Gasteiger partial charge in [-0.3, -0.25) is 4.79 Å². The largest absolute Gasteiger partial charge is 0.455 e. The van der Waals surface area contributed by atoms with Gasteiger partial charge in [-0.15, -0.1) is 22.7 Å². The molecule has 41 heavy (non-hydrogen) atoms. The lowest BCUT2D eigenvalue weighted by Crippen LogP contribution is -2.39. The highest BCUT2D eigenvalue weighted by atomic mass is 32.1. The molecule has 0 radical (unpaired) electrons. The zero-order valence-corrected chi connectivity index (χ0v) is 26.0. The zero-order chi connectivity index (χ0) is 30.3. The van der Waals surface area contributed by atoms with Gasteiger partial charge < -0.3 is 20.1 Å². The van der Waals surface area contributed by atoms with Gasteiger partial charge in [0.2, 0.25) is 11.5 Å². The van der Waals surface area contributed by atoms with Crippen LogP contribution in [0.3, 0.4) is 0 Å². The molecule has 3 rings (SSSR count). The van der Waals surface area contributed by atoms with Crippen molar-refractivity contribution in [2.45, 2.75) is 65.2 Å². The molecule has 8 nitrogen and oxygen atoms in total. The second kappa shape index (κ2) is 17.5. The highest BCUT2D eigenvalue weighted by molar-refractivity contribution is 7.12. The van der Waals surface area contributed by atoms with Crippen LogP contribution in [0.4, 0.5) is 5.69 Å². The molecule has 0 fully saturated rings. The Hall–Kier alpha value is -3.34. The number of aliphatic hydroxyl groups is 1. The quantitative estimate of drug-likeness (QED) is 0.142. The molecule has 0 aliphatic heterocycles. The monoisotopic (exact) mass is 599 g/mol. The van der Waals surface area contributed by atoms with Crippen LogP contribution >= 0.6 is 22.7 Å². The Bertz CT molecular complexity index is 1180. The molecule has 1 amide bonds.